The Morgan fingerprint density at radius 3 is 2.33 bits per heavy atom. The molecule has 1 amide bonds. The van der Waals surface area contributed by atoms with Crippen LogP contribution in [0.1, 0.15) is 58.1 Å². The van der Waals surface area contributed by atoms with E-state index in [4.69, 9.17) is 17.5 Å². The maximum atomic E-state index is 13.5. The van der Waals surface area contributed by atoms with Gasteiger partial charge in [0.05, 0.1) is 22.7 Å². The molecule has 6 nitrogen and oxygen atoms in total. The maximum Gasteiger partial charge on any atom is 0.417 e. The number of alkyl halides is 3. The highest BCUT2D eigenvalue weighted by Crippen LogP contribution is 2.37. The number of unbranched alkanes of at least 4 members (excludes halogenated alkanes) is 2. The molecule has 0 unspecified atom stereocenters. The van der Waals surface area contributed by atoms with Gasteiger partial charge in [0.25, 0.3) is 0 Å². The van der Waals surface area contributed by atoms with Crippen LogP contribution in [-0.2, 0) is 11.0 Å². The lowest BCUT2D eigenvalue weighted by Crippen LogP contribution is -2.49. The summed E-state index contributed by atoms with van der Waals surface area (Å²) >= 11 is 5.69. The van der Waals surface area contributed by atoms with Crippen molar-refractivity contribution in [3.05, 3.63) is 29.3 Å². The van der Waals surface area contributed by atoms with Crippen LogP contribution in [0, 0.1) is 17.2 Å². The Morgan fingerprint density at radius 1 is 1.11 bits per heavy atom. The summed E-state index contributed by atoms with van der Waals surface area (Å²) < 4.78 is 40.4. The molecule has 1 aromatic carbocycles. The van der Waals surface area contributed by atoms with E-state index in [2.05, 4.69) is 9.80 Å². The van der Waals surface area contributed by atoms with Gasteiger partial charge in [-0.3, -0.25) is 9.69 Å². The van der Waals surface area contributed by atoms with E-state index in [0.29, 0.717) is 17.3 Å². The van der Waals surface area contributed by atoms with E-state index < -0.39 is 11.7 Å². The number of benzene rings is 1. The molecule has 2 fully saturated rings. The summed E-state index contributed by atoms with van der Waals surface area (Å²) in [4.78, 5) is 20.3. The van der Waals surface area contributed by atoms with Crippen LogP contribution in [0.2, 0.25) is 0 Å². The van der Waals surface area contributed by atoms with Crippen LogP contribution in [0.5, 0.6) is 0 Å². The minimum absolute atomic E-state index is 0.0389. The number of carbonyl (C=O) groups excluding carboxylic acids is 1. The van der Waals surface area contributed by atoms with E-state index in [0.717, 1.165) is 64.6 Å². The van der Waals surface area contributed by atoms with E-state index in [-0.39, 0.29) is 22.9 Å². The largest absolute Gasteiger partial charge is 0.417 e. The van der Waals surface area contributed by atoms with Gasteiger partial charge < -0.3 is 14.7 Å². The van der Waals surface area contributed by atoms with Gasteiger partial charge in [-0.2, -0.15) is 18.4 Å². The van der Waals surface area contributed by atoms with Gasteiger partial charge in [0, 0.05) is 50.9 Å². The van der Waals surface area contributed by atoms with Crippen LogP contribution in [0.3, 0.4) is 0 Å². The summed E-state index contributed by atoms with van der Waals surface area (Å²) in [5.41, 5.74) is -1.28. The van der Waals surface area contributed by atoms with E-state index in [1.165, 1.54) is 12.1 Å². The molecule has 0 bridgehead atoms. The number of nitrogens with zero attached hydrogens (tertiary/aromatic N) is 5. The first-order chi connectivity index (χ1) is 16.8. The predicted molar refractivity (Wildman–Crippen MR) is 139 cm³/mol. The molecule has 0 aliphatic carbocycles. The highest BCUT2D eigenvalue weighted by Gasteiger charge is 2.42. The third-order valence-electron chi connectivity index (χ3n) is 7.01. The Hall–Kier alpha value is -2.38. The third-order valence-corrected chi connectivity index (χ3v) is 7.45. The van der Waals surface area contributed by atoms with E-state index in [1.54, 1.807) is 11.0 Å². The molecule has 36 heavy (non-hydrogen) atoms. The molecule has 0 aromatic heterocycles. The third kappa shape index (κ3) is 6.48. The van der Waals surface area contributed by atoms with Gasteiger partial charge in [0.15, 0.2) is 5.11 Å². The maximum absolute atomic E-state index is 13.5. The molecule has 2 aliphatic rings. The van der Waals surface area contributed by atoms with E-state index in [1.807, 2.05) is 32.6 Å². The molecular formula is C26H36F3N5OS. The van der Waals surface area contributed by atoms with Gasteiger partial charge in [-0.25, -0.2) is 0 Å². The first kappa shape index (κ1) is 28.2. The zero-order valence-corrected chi connectivity index (χ0v) is 22.4. The summed E-state index contributed by atoms with van der Waals surface area (Å²) in [5.74, 6) is 0.264. The number of piperazine rings is 1. The van der Waals surface area contributed by atoms with Gasteiger partial charge >= 0.3 is 6.18 Å². The Bertz CT molecular complexity index is 996. The fourth-order valence-electron chi connectivity index (χ4n) is 4.92. The fourth-order valence-corrected chi connectivity index (χ4v) is 5.42. The zero-order chi connectivity index (χ0) is 26.7. The standard InChI is InChI=1S/C26H36F3N5OS/c1-19(2)23(35)32-14-12-31(13-15-32)10-6-5-7-11-34-24(36)33(18-25(34,3)4)21-9-8-20(17-30)22(16-21)26(27,28)29/h8-9,16,19H,5-7,10-15,18H2,1-4H3. The van der Waals surface area contributed by atoms with Crippen molar-refractivity contribution in [2.45, 2.75) is 58.7 Å². The number of thiocarbonyl (C=S) groups is 1. The van der Waals surface area contributed by atoms with Crippen LogP contribution < -0.4 is 4.90 Å². The molecule has 198 valence electrons. The Labute approximate surface area is 217 Å². The lowest BCUT2D eigenvalue weighted by Gasteiger charge is -2.35. The van der Waals surface area contributed by atoms with E-state index >= 15 is 0 Å². The van der Waals surface area contributed by atoms with Crippen LogP contribution in [0.25, 0.3) is 0 Å². The van der Waals surface area contributed by atoms with Crippen LogP contribution in [-0.4, -0.2) is 77.1 Å². The van der Waals surface area contributed by atoms with Crippen molar-refractivity contribution in [2.24, 2.45) is 5.92 Å². The molecule has 0 radical (unpaired) electrons. The average molecular weight is 524 g/mol. The minimum atomic E-state index is -4.60. The number of hydrogen-bond acceptors (Lipinski definition) is 4. The van der Waals surface area contributed by atoms with Crippen molar-refractivity contribution < 1.29 is 18.0 Å². The Kier molecular flexibility index (Phi) is 8.88. The van der Waals surface area contributed by atoms with Gasteiger partial charge in [-0.1, -0.05) is 20.3 Å². The van der Waals surface area contributed by atoms with Crippen molar-refractivity contribution in [2.75, 3.05) is 50.7 Å². The normalized spacial score (nSPS) is 18.8. The summed E-state index contributed by atoms with van der Waals surface area (Å²) in [5, 5.41) is 9.59. The lowest BCUT2D eigenvalue weighted by atomic mass is 10.0. The number of rotatable bonds is 8. The van der Waals surface area contributed by atoms with Gasteiger partial charge in [-0.05, 0) is 63.7 Å². The second-order valence-electron chi connectivity index (χ2n) is 10.6. The summed E-state index contributed by atoms with van der Waals surface area (Å²) in [6, 6.07) is 5.41. The van der Waals surface area contributed by atoms with E-state index in [9.17, 15) is 18.0 Å². The van der Waals surface area contributed by atoms with Gasteiger partial charge in [0.2, 0.25) is 5.91 Å². The minimum Gasteiger partial charge on any atom is -0.342 e. The molecule has 0 spiro atoms. The van der Waals surface area contributed by atoms with Crippen molar-refractivity contribution in [3.63, 3.8) is 0 Å². The molecule has 0 saturated carbocycles. The lowest BCUT2D eigenvalue weighted by molar-refractivity contribution is -0.138. The van der Waals surface area contributed by atoms with Crippen molar-refractivity contribution in [3.8, 4) is 6.07 Å². The van der Waals surface area contributed by atoms with Crippen LogP contribution >= 0.6 is 12.2 Å². The SMILES string of the molecule is CC(C)C(=O)N1CCN(CCCCCN2C(=S)N(c3ccc(C#N)c(C(F)(F)F)c3)CC2(C)C)CC1. The molecule has 2 aliphatic heterocycles. The highest BCUT2D eigenvalue weighted by atomic mass is 32.1. The van der Waals surface area contributed by atoms with Crippen molar-refractivity contribution >= 4 is 28.9 Å². The van der Waals surface area contributed by atoms with Gasteiger partial charge in [0.1, 0.15) is 0 Å². The summed E-state index contributed by atoms with van der Waals surface area (Å²) in [6.07, 6.45) is -1.60. The number of halogens is 3. The summed E-state index contributed by atoms with van der Waals surface area (Å²) in [7, 11) is 0. The molecule has 0 atom stereocenters. The summed E-state index contributed by atoms with van der Waals surface area (Å²) in [6.45, 7) is 13.6. The molecule has 1 aromatic rings. The molecule has 2 saturated heterocycles. The van der Waals surface area contributed by atoms with Crippen molar-refractivity contribution in [1.29, 1.82) is 5.26 Å². The number of carbonyl (C=O) groups is 1. The topological polar surface area (TPSA) is 53.8 Å². The van der Waals surface area contributed by atoms with Gasteiger partial charge in [-0.15, -0.1) is 0 Å². The number of hydrogen-bond donors (Lipinski definition) is 0. The highest BCUT2D eigenvalue weighted by molar-refractivity contribution is 7.80. The molecule has 3 rings (SSSR count). The second kappa shape index (κ2) is 11.3. The monoisotopic (exact) mass is 523 g/mol. The fraction of sp³-hybridized carbons (Fsp3) is 0.654. The smallest absolute Gasteiger partial charge is 0.342 e. The number of amides is 1. The molecular weight excluding hydrogens is 487 g/mol. The Balaban J connectivity index is 1.50. The predicted octanol–water partition coefficient (Wildman–Crippen LogP) is 4.73. The molecule has 2 heterocycles. The average Bonchev–Trinajstić information content (AvgIpc) is 3.06. The zero-order valence-electron chi connectivity index (χ0n) is 21.6. The first-order valence-corrected chi connectivity index (χ1v) is 13.0. The van der Waals surface area contributed by atoms with Crippen LogP contribution in [0.4, 0.5) is 18.9 Å². The molecule has 10 heteroatoms. The quantitative estimate of drug-likeness (QED) is 0.363. The Morgan fingerprint density at radius 2 is 1.75 bits per heavy atom. The molecule has 0 N–H and O–H groups in total. The number of nitriles is 1. The first-order valence-electron chi connectivity index (χ1n) is 12.6. The second-order valence-corrected chi connectivity index (χ2v) is 10.9. The number of anilines is 1. The van der Waals surface area contributed by atoms with Crippen molar-refractivity contribution in [1.82, 2.24) is 14.7 Å². The van der Waals surface area contributed by atoms with Crippen LogP contribution in [0.15, 0.2) is 18.2 Å².